The lowest BCUT2D eigenvalue weighted by atomic mass is 9.70. The minimum atomic E-state index is -3.77. The van der Waals surface area contributed by atoms with Crippen molar-refractivity contribution in [1.82, 2.24) is 9.97 Å². The summed E-state index contributed by atoms with van der Waals surface area (Å²) < 4.78 is 38.7. The van der Waals surface area contributed by atoms with Gasteiger partial charge in [0.15, 0.2) is 23.0 Å². The summed E-state index contributed by atoms with van der Waals surface area (Å²) in [5, 5.41) is 19.9. The standard InChI is InChI=1S/C22H23F2N3O3S/c1-3-13-11-14(18(13)25)5-4-6-17-27-19-16(30-22(23,24)12(2)28)8-7-15(20(19)29-17)21-26-9-10-31-21/h4,6-10,12-14,25,28H,3,5,11H2,1-2H3/b6-4+,25-18?. The highest BCUT2D eigenvalue weighted by Gasteiger charge is 2.39. The van der Waals surface area contributed by atoms with Crippen LogP contribution in [0.4, 0.5) is 8.78 Å². The van der Waals surface area contributed by atoms with Crippen LogP contribution < -0.4 is 4.74 Å². The van der Waals surface area contributed by atoms with Crippen molar-refractivity contribution in [3.63, 3.8) is 0 Å². The highest BCUT2D eigenvalue weighted by atomic mass is 32.1. The van der Waals surface area contributed by atoms with Gasteiger partial charge in [-0.3, -0.25) is 0 Å². The molecule has 0 aliphatic heterocycles. The Kier molecular flexibility index (Phi) is 5.90. The molecule has 0 saturated heterocycles. The molecule has 3 atom stereocenters. The van der Waals surface area contributed by atoms with Crippen molar-refractivity contribution < 1.29 is 23.0 Å². The molecule has 0 spiro atoms. The summed E-state index contributed by atoms with van der Waals surface area (Å²) in [7, 11) is 0. The quantitative estimate of drug-likeness (QED) is 0.457. The Bertz CT molecular complexity index is 1110. The monoisotopic (exact) mass is 447 g/mol. The van der Waals surface area contributed by atoms with Gasteiger partial charge < -0.3 is 19.7 Å². The number of benzene rings is 1. The lowest BCUT2D eigenvalue weighted by Gasteiger charge is -2.35. The first kappa shape index (κ1) is 21.6. The molecule has 3 aromatic rings. The van der Waals surface area contributed by atoms with E-state index in [-0.39, 0.29) is 28.7 Å². The molecule has 6 nitrogen and oxygen atoms in total. The van der Waals surface area contributed by atoms with Crippen LogP contribution in [-0.2, 0) is 0 Å². The van der Waals surface area contributed by atoms with Crippen LogP contribution in [0.15, 0.2) is 34.2 Å². The number of alkyl halides is 2. The zero-order chi connectivity index (χ0) is 22.2. The maximum Gasteiger partial charge on any atom is 0.424 e. The number of nitrogens with zero attached hydrogens (tertiary/aromatic N) is 2. The topological polar surface area (TPSA) is 92.2 Å². The Morgan fingerprint density at radius 1 is 1.42 bits per heavy atom. The van der Waals surface area contributed by atoms with Gasteiger partial charge in [-0.25, -0.2) is 9.97 Å². The number of hydrogen-bond acceptors (Lipinski definition) is 7. The number of rotatable bonds is 8. The van der Waals surface area contributed by atoms with Gasteiger partial charge in [0.25, 0.3) is 0 Å². The largest absolute Gasteiger partial charge is 0.436 e. The Labute approximate surface area is 182 Å². The second-order valence-corrected chi connectivity index (χ2v) is 8.54. The average Bonchev–Trinajstić information content (AvgIpc) is 3.40. The van der Waals surface area contributed by atoms with Gasteiger partial charge in [0.05, 0.1) is 5.56 Å². The van der Waals surface area contributed by atoms with Crippen LogP contribution in [0.25, 0.3) is 27.7 Å². The zero-order valence-electron chi connectivity index (χ0n) is 17.1. The maximum absolute atomic E-state index is 14.0. The molecule has 1 aromatic carbocycles. The minimum Gasteiger partial charge on any atom is -0.436 e. The first-order valence-corrected chi connectivity index (χ1v) is 11.0. The number of aromatic nitrogens is 2. The fraction of sp³-hybridized carbons (Fsp3) is 0.409. The van der Waals surface area contributed by atoms with Gasteiger partial charge in [0.2, 0.25) is 5.89 Å². The summed E-state index contributed by atoms with van der Waals surface area (Å²) in [5.74, 6) is 0.692. The molecule has 2 N–H and O–H groups in total. The number of fused-ring (bicyclic) bond motifs is 1. The molecule has 164 valence electrons. The predicted octanol–water partition coefficient (Wildman–Crippen LogP) is 5.77. The first-order chi connectivity index (χ1) is 14.8. The smallest absolute Gasteiger partial charge is 0.424 e. The molecule has 31 heavy (non-hydrogen) atoms. The second kappa shape index (κ2) is 8.47. The highest BCUT2D eigenvalue weighted by molar-refractivity contribution is 7.13. The van der Waals surface area contributed by atoms with E-state index in [1.807, 2.05) is 11.5 Å². The normalized spacial score (nSPS) is 20.4. The number of ether oxygens (including phenoxy) is 1. The van der Waals surface area contributed by atoms with Crippen LogP contribution in [0.5, 0.6) is 5.75 Å². The van der Waals surface area contributed by atoms with Gasteiger partial charge >= 0.3 is 6.11 Å². The van der Waals surface area contributed by atoms with Crippen molar-refractivity contribution in [3.05, 3.63) is 35.7 Å². The molecule has 0 bridgehead atoms. The first-order valence-electron chi connectivity index (χ1n) is 10.1. The van der Waals surface area contributed by atoms with Crippen LogP contribution in [-0.4, -0.2) is 33.0 Å². The number of hydrogen-bond donors (Lipinski definition) is 2. The van der Waals surface area contributed by atoms with Crippen LogP contribution in [0.3, 0.4) is 0 Å². The number of aliphatic hydroxyl groups excluding tert-OH is 1. The second-order valence-electron chi connectivity index (χ2n) is 7.65. The van der Waals surface area contributed by atoms with Crippen molar-refractivity contribution in [2.24, 2.45) is 11.8 Å². The molecule has 9 heteroatoms. The third kappa shape index (κ3) is 4.24. The highest BCUT2D eigenvalue weighted by Crippen LogP contribution is 2.39. The number of oxazole rings is 1. The van der Waals surface area contributed by atoms with E-state index in [2.05, 4.69) is 16.9 Å². The fourth-order valence-corrected chi connectivity index (χ4v) is 4.28. The SMILES string of the molecule is CCC1CC(C/C=C/c2nc3c(OC(F)(F)C(C)O)ccc(-c4nccs4)c3o2)C1=N. The van der Waals surface area contributed by atoms with Gasteiger partial charge in [-0.05, 0) is 50.3 Å². The predicted molar refractivity (Wildman–Crippen MR) is 116 cm³/mol. The summed E-state index contributed by atoms with van der Waals surface area (Å²) in [4.78, 5) is 8.61. The lowest BCUT2D eigenvalue weighted by Crippen LogP contribution is -2.37. The molecule has 2 aromatic heterocycles. The number of nitrogens with one attached hydrogen (secondary N) is 1. The molecule has 3 unspecified atom stereocenters. The van der Waals surface area contributed by atoms with Gasteiger partial charge in [-0.1, -0.05) is 13.0 Å². The van der Waals surface area contributed by atoms with Crippen molar-refractivity contribution >= 4 is 34.2 Å². The molecule has 2 heterocycles. The van der Waals surface area contributed by atoms with E-state index < -0.39 is 12.2 Å². The van der Waals surface area contributed by atoms with E-state index >= 15 is 0 Å². The molecule has 4 rings (SSSR count). The van der Waals surface area contributed by atoms with E-state index in [0.717, 1.165) is 25.5 Å². The Morgan fingerprint density at radius 2 is 2.23 bits per heavy atom. The Morgan fingerprint density at radius 3 is 2.87 bits per heavy atom. The zero-order valence-corrected chi connectivity index (χ0v) is 18.0. The summed E-state index contributed by atoms with van der Waals surface area (Å²) in [6.07, 6.45) is 2.17. The summed E-state index contributed by atoms with van der Waals surface area (Å²) >= 11 is 1.39. The minimum absolute atomic E-state index is 0.134. The molecule has 1 aliphatic rings. The lowest BCUT2D eigenvalue weighted by molar-refractivity contribution is -0.233. The molecular formula is C22H23F2N3O3S. The van der Waals surface area contributed by atoms with E-state index in [4.69, 9.17) is 14.6 Å². The van der Waals surface area contributed by atoms with Crippen molar-refractivity contribution in [2.75, 3.05) is 0 Å². The summed E-state index contributed by atoms with van der Waals surface area (Å²) in [6, 6.07) is 2.97. The van der Waals surface area contributed by atoms with Crippen LogP contribution in [0, 0.1) is 17.2 Å². The molecule has 1 aliphatic carbocycles. The average molecular weight is 448 g/mol. The van der Waals surface area contributed by atoms with E-state index in [0.29, 0.717) is 22.9 Å². The van der Waals surface area contributed by atoms with Gasteiger partial charge in [0.1, 0.15) is 5.01 Å². The van der Waals surface area contributed by atoms with Crippen LogP contribution in [0.2, 0.25) is 0 Å². The van der Waals surface area contributed by atoms with Crippen molar-refractivity contribution in [2.45, 2.75) is 45.3 Å². The number of aliphatic hydroxyl groups is 1. The number of thiazole rings is 1. The van der Waals surface area contributed by atoms with Gasteiger partial charge in [-0.15, -0.1) is 11.3 Å². The summed E-state index contributed by atoms with van der Waals surface area (Å²) in [6.45, 7) is 3.05. The third-order valence-corrected chi connectivity index (χ3v) is 6.35. The Hall–Kier alpha value is -2.65. The van der Waals surface area contributed by atoms with Crippen molar-refractivity contribution in [1.29, 1.82) is 5.41 Å². The maximum atomic E-state index is 14.0. The third-order valence-electron chi connectivity index (χ3n) is 5.54. The molecule has 0 amide bonds. The van der Waals surface area contributed by atoms with Gasteiger partial charge in [-0.2, -0.15) is 8.78 Å². The van der Waals surface area contributed by atoms with E-state index in [1.54, 1.807) is 18.3 Å². The van der Waals surface area contributed by atoms with Crippen molar-refractivity contribution in [3.8, 4) is 16.3 Å². The number of allylic oxidation sites excluding steroid dienone is 1. The molecule has 1 fully saturated rings. The van der Waals surface area contributed by atoms with E-state index in [1.165, 1.54) is 17.4 Å². The van der Waals surface area contributed by atoms with Crippen LogP contribution >= 0.6 is 11.3 Å². The molecule has 0 radical (unpaired) electrons. The Balaban J connectivity index is 1.64. The number of halogens is 2. The van der Waals surface area contributed by atoms with Crippen LogP contribution in [0.1, 0.15) is 39.0 Å². The molecule has 1 saturated carbocycles. The fourth-order valence-electron chi connectivity index (χ4n) is 3.62. The van der Waals surface area contributed by atoms with Gasteiger partial charge in [0, 0.05) is 23.2 Å². The molecular weight excluding hydrogens is 424 g/mol. The summed E-state index contributed by atoms with van der Waals surface area (Å²) in [5.41, 5.74) is 1.83. The van der Waals surface area contributed by atoms with E-state index in [9.17, 15) is 13.9 Å².